The Morgan fingerprint density at radius 2 is 2.07 bits per heavy atom. The van der Waals surface area contributed by atoms with Crippen molar-refractivity contribution in [2.75, 3.05) is 0 Å². The summed E-state index contributed by atoms with van der Waals surface area (Å²) in [5.41, 5.74) is 2.04. The van der Waals surface area contributed by atoms with Gasteiger partial charge in [-0.1, -0.05) is 18.5 Å². The van der Waals surface area contributed by atoms with E-state index in [0.29, 0.717) is 15.9 Å². The lowest BCUT2D eigenvalue weighted by atomic mass is 10.1. The lowest BCUT2D eigenvalue weighted by molar-refractivity contribution is 0.635. The van der Waals surface area contributed by atoms with E-state index >= 15 is 0 Å². The Kier molecular flexibility index (Phi) is 2.61. The number of aryl methyl sites for hydroxylation is 2. The summed E-state index contributed by atoms with van der Waals surface area (Å²) in [4.78, 5) is 4.24. The smallest absolute Gasteiger partial charge is 0.149 e. The Labute approximate surface area is 92.9 Å². The molecule has 0 N–H and O–H groups in total. The Hall–Kier alpha value is -1.15. The maximum atomic E-state index is 13.6. The molecule has 0 amide bonds. The first kappa shape index (κ1) is 10.4. The summed E-state index contributed by atoms with van der Waals surface area (Å²) in [5, 5.41) is 1.26. The van der Waals surface area contributed by atoms with Gasteiger partial charge < -0.3 is 0 Å². The van der Waals surface area contributed by atoms with Crippen LogP contribution in [-0.4, -0.2) is 4.98 Å². The van der Waals surface area contributed by atoms with Crippen molar-refractivity contribution in [3.63, 3.8) is 0 Å². The summed E-state index contributed by atoms with van der Waals surface area (Å²) >= 11 is 6.08. The van der Waals surface area contributed by atoms with Crippen LogP contribution < -0.4 is 0 Å². The molecule has 0 aliphatic heterocycles. The number of nitrogens with zero attached hydrogens (tertiary/aromatic N) is 1. The maximum Gasteiger partial charge on any atom is 0.149 e. The van der Waals surface area contributed by atoms with E-state index in [9.17, 15) is 4.39 Å². The maximum absolute atomic E-state index is 13.6. The number of pyridine rings is 1. The molecule has 1 aromatic heterocycles. The van der Waals surface area contributed by atoms with Crippen LogP contribution in [0.4, 0.5) is 4.39 Å². The van der Waals surface area contributed by atoms with Crippen molar-refractivity contribution < 1.29 is 4.39 Å². The molecule has 0 saturated heterocycles. The highest BCUT2D eigenvalue weighted by atomic mass is 35.5. The fraction of sp³-hybridized carbons (Fsp3) is 0.250. The minimum atomic E-state index is -0.304. The fourth-order valence-corrected chi connectivity index (χ4v) is 1.88. The van der Waals surface area contributed by atoms with Crippen LogP contribution in [0.15, 0.2) is 18.2 Å². The average Bonchev–Trinajstić information content (AvgIpc) is 2.19. The number of hydrogen-bond acceptors (Lipinski definition) is 1. The van der Waals surface area contributed by atoms with Crippen LogP contribution in [-0.2, 0) is 6.42 Å². The van der Waals surface area contributed by atoms with Crippen molar-refractivity contribution in [1.29, 1.82) is 0 Å². The van der Waals surface area contributed by atoms with E-state index in [2.05, 4.69) is 4.98 Å². The van der Waals surface area contributed by atoms with Crippen LogP contribution in [0.3, 0.4) is 0 Å². The number of halogens is 2. The molecule has 0 aliphatic rings. The molecular formula is C12H11ClFN. The van der Waals surface area contributed by atoms with Gasteiger partial charge in [0.25, 0.3) is 0 Å². The third-order valence-corrected chi connectivity index (χ3v) is 2.69. The predicted molar refractivity (Wildman–Crippen MR) is 60.8 cm³/mol. The standard InChI is InChI=1S/C12H11ClFN/c1-3-8-6-10(13)9-4-7(2)5-11(14)12(9)15-8/h4-6H,3H2,1-2H3. The number of aromatic nitrogens is 1. The molecule has 1 nitrogen and oxygen atoms in total. The summed E-state index contributed by atoms with van der Waals surface area (Å²) in [6.45, 7) is 3.81. The zero-order chi connectivity index (χ0) is 11.0. The van der Waals surface area contributed by atoms with Crippen molar-refractivity contribution in [2.24, 2.45) is 0 Å². The first-order chi connectivity index (χ1) is 7.11. The summed E-state index contributed by atoms with van der Waals surface area (Å²) in [6, 6.07) is 5.13. The molecule has 15 heavy (non-hydrogen) atoms. The third kappa shape index (κ3) is 1.82. The average molecular weight is 224 g/mol. The molecule has 0 bridgehead atoms. The first-order valence-corrected chi connectivity index (χ1v) is 5.25. The Balaban J connectivity index is 2.85. The summed E-state index contributed by atoms with van der Waals surface area (Å²) < 4.78 is 13.6. The Bertz CT molecular complexity index is 523. The highest BCUT2D eigenvalue weighted by Crippen LogP contribution is 2.26. The van der Waals surface area contributed by atoms with Gasteiger partial charge >= 0.3 is 0 Å². The zero-order valence-corrected chi connectivity index (χ0v) is 9.40. The van der Waals surface area contributed by atoms with Gasteiger partial charge in [0.2, 0.25) is 0 Å². The van der Waals surface area contributed by atoms with E-state index in [-0.39, 0.29) is 5.82 Å². The molecule has 2 aromatic rings. The highest BCUT2D eigenvalue weighted by molar-refractivity contribution is 6.35. The minimum Gasteiger partial charge on any atom is -0.250 e. The molecule has 0 aliphatic carbocycles. The predicted octanol–water partition coefficient (Wildman–Crippen LogP) is 3.90. The van der Waals surface area contributed by atoms with Crippen LogP contribution >= 0.6 is 11.6 Å². The van der Waals surface area contributed by atoms with Crippen molar-refractivity contribution in [3.8, 4) is 0 Å². The van der Waals surface area contributed by atoms with E-state index < -0.39 is 0 Å². The normalized spacial score (nSPS) is 10.9. The molecule has 1 heterocycles. The van der Waals surface area contributed by atoms with Crippen molar-refractivity contribution >= 4 is 22.5 Å². The first-order valence-electron chi connectivity index (χ1n) is 4.87. The molecule has 1 aromatic carbocycles. The van der Waals surface area contributed by atoms with Gasteiger partial charge in [-0.3, -0.25) is 0 Å². The minimum absolute atomic E-state index is 0.304. The topological polar surface area (TPSA) is 12.9 Å². The molecule has 2 rings (SSSR count). The fourth-order valence-electron chi connectivity index (χ4n) is 1.61. The second kappa shape index (κ2) is 3.78. The van der Waals surface area contributed by atoms with Gasteiger partial charge in [0.15, 0.2) is 0 Å². The molecule has 0 atom stereocenters. The molecular weight excluding hydrogens is 213 g/mol. The monoisotopic (exact) mass is 223 g/mol. The highest BCUT2D eigenvalue weighted by Gasteiger charge is 2.08. The summed E-state index contributed by atoms with van der Waals surface area (Å²) in [7, 11) is 0. The second-order valence-corrected chi connectivity index (χ2v) is 4.00. The van der Waals surface area contributed by atoms with Crippen molar-refractivity contribution in [1.82, 2.24) is 4.98 Å². The van der Waals surface area contributed by atoms with E-state index in [1.165, 1.54) is 6.07 Å². The Morgan fingerprint density at radius 3 is 2.73 bits per heavy atom. The molecule has 0 radical (unpaired) electrons. The lowest BCUT2D eigenvalue weighted by Gasteiger charge is -2.05. The van der Waals surface area contributed by atoms with Gasteiger partial charge in [0, 0.05) is 11.1 Å². The summed E-state index contributed by atoms with van der Waals surface area (Å²) in [6.07, 6.45) is 0.753. The lowest BCUT2D eigenvalue weighted by Crippen LogP contribution is -1.92. The van der Waals surface area contributed by atoms with Gasteiger partial charge in [-0.05, 0) is 37.1 Å². The zero-order valence-electron chi connectivity index (χ0n) is 8.64. The molecule has 0 unspecified atom stereocenters. The van der Waals surface area contributed by atoms with Crippen LogP contribution in [0, 0.1) is 12.7 Å². The van der Waals surface area contributed by atoms with E-state index in [0.717, 1.165) is 17.7 Å². The number of fused-ring (bicyclic) bond motifs is 1. The van der Waals surface area contributed by atoms with Gasteiger partial charge in [-0.2, -0.15) is 0 Å². The quantitative estimate of drug-likeness (QED) is 0.715. The molecule has 0 saturated carbocycles. The third-order valence-electron chi connectivity index (χ3n) is 2.38. The molecule has 3 heteroatoms. The van der Waals surface area contributed by atoms with Crippen molar-refractivity contribution in [3.05, 3.63) is 40.3 Å². The van der Waals surface area contributed by atoms with Crippen LogP contribution in [0.25, 0.3) is 10.9 Å². The number of hydrogen-bond donors (Lipinski definition) is 0. The van der Waals surface area contributed by atoms with E-state index in [4.69, 9.17) is 11.6 Å². The molecule has 78 valence electrons. The summed E-state index contributed by atoms with van der Waals surface area (Å²) in [5.74, 6) is -0.304. The Morgan fingerprint density at radius 1 is 1.33 bits per heavy atom. The molecule has 0 spiro atoms. The second-order valence-electron chi connectivity index (χ2n) is 3.59. The van der Waals surface area contributed by atoms with Gasteiger partial charge in [0.1, 0.15) is 11.3 Å². The molecule has 0 fully saturated rings. The van der Waals surface area contributed by atoms with Gasteiger partial charge in [0.05, 0.1) is 5.02 Å². The van der Waals surface area contributed by atoms with E-state index in [1.807, 2.05) is 19.9 Å². The van der Waals surface area contributed by atoms with E-state index in [1.54, 1.807) is 6.07 Å². The number of benzene rings is 1. The SMILES string of the molecule is CCc1cc(Cl)c2cc(C)cc(F)c2n1. The number of rotatable bonds is 1. The van der Waals surface area contributed by atoms with Crippen LogP contribution in [0.2, 0.25) is 5.02 Å². The largest absolute Gasteiger partial charge is 0.250 e. The van der Waals surface area contributed by atoms with Gasteiger partial charge in [-0.15, -0.1) is 0 Å². The van der Waals surface area contributed by atoms with Crippen LogP contribution in [0.1, 0.15) is 18.2 Å². The van der Waals surface area contributed by atoms with Crippen LogP contribution in [0.5, 0.6) is 0 Å². The van der Waals surface area contributed by atoms with Gasteiger partial charge in [-0.25, -0.2) is 9.37 Å². The van der Waals surface area contributed by atoms with Crippen molar-refractivity contribution in [2.45, 2.75) is 20.3 Å².